The van der Waals surface area contributed by atoms with Crippen LogP contribution in [-0.4, -0.2) is 30.2 Å². The highest BCUT2D eigenvalue weighted by Crippen LogP contribution is 2.48. The van der Waals surface area contributed by atoms with E-state index in [0.29, 0.717) is 37.8 Å². The van der Waals surface area contributed by atoms with Gasteiger partial charge in [0.05, 0.1) is 0 Å². The lowest BCUT2D eigenvalue weighted by Gasteiger charge is -2.33. The third kappa shape index (κ3) is 3.36. The molecule has 6 rings (SSSR count). The molecule has 2 saturated heterocycles. The first-order valence-corrected chi connectivity index (χ1v) is 11.7. The number of nitrogens with one attached hydrogen (secondary N) is 1. The molecule has 1 spiro atoms. The summed E-state index contributed by atoms with van der Waals surface area (Å²) in [6.45, 7) is 0.651. The van der Waals surface area contributed by atoms with Gasteiger partial charge in [0.25, 0.3) is 5.79 Å². The van der Waals surface area contributed by atoms with Gasteiger partial charge in [-0.3, -0.25) is 4.79 Å². The molecule has 4 aliphatic rings. The van der Waals surface area contributed by atoms with E-state index >= 15 is 0 Å². The lowest BCUT2D eigenvalue weighted by molar-refractivity contribution is -0.232. The third-order valence-corrected chi connectivity index (χ3v) is 7.46. The number of hydrogen-bond acceptors (Lipinski definition) is 5. The van der Waals surface area contributed by atoms with Crippen LogP contribution in [0.4, 0.5) is 0 Å². The maximum absolute atomic E-state index is 13.0. The summed E-state index contributed by atoms with van der Waals surface area (Å²) in [4.78, 5) is 37.8. The Balaban J connectivity index is 1.38. The van der Waals surface area contributed by atoms with Crippen molar-refractivity contribution < 1.29 is 23.9 Å². The summed E-state index contributed by atoms with van der Waals surface area (Å²) in [7, 11) is 0. The number of carbonyl (C=O) groups is 3. The number of ether oxygens (including phenoxy) is 2. The first-order valence-electron chi connectivity index (χ1n) is 11.7. The maximum atomic E-state index is 13.0. The molecule has 6 heteroatoms. The minimum atomic E-state index is -1.07. The number of carbonyl (C=O) groups excluding carboxylic acids is 3. The van der Waals surface area contributed by atoms with E-state index < -0.39 is 17.7 Å². The Bertz CT molecular complexity index is 1180. The first kappa shape index (κ1) is 20.2. The molecule has 2 atom stereocenters. The van der Waals surface area contributed by atoms with Crippen LogP contribution in [0.25, 0.3) is 5.57 Å². The van der Waals surface area contributed by atoms with Crippen LogP contribution in [0.3, 0.4) is 0 Å². The second kappa shape index (κ2) is 7.58. The average Bonchev–Trinajstić information content (AvgIpc) is 3.53. The minimum Gasteiger partial charge on any atom is -0.419 e. The second-order valence-electron chi connectivity index (χ2n) is 9.47. The number of rotatable bonds is 2. The van der Waals surface area contributed by atoms with Crippen molar-refractivity contribution in [3.63, 3.8) is 0 Å². The Labute approximate surface area is 192 Å². The van der Waals surface area contributed by atoms with Gasteiger partial charge in [0.1, 0.15) is 5.57 Å². The molecule has 6 nitrogen and oxygen atoms in total. The van der Waals surface area contributed by atoms with Gasteiger partial charge in [-0.1, -0.05) is 48.5 Å². The Kier molecular flexibility index (Phi) is 4.64. The van der Waals surface area contributed by atoms with Crippen molar-refractivity contribution in [3.8, 4) is 0 Å². The van der Waals surface area contributed by atoms with Crippen LogP contribution in [0.1, 0.15) is 72.6 Å². The maximum Gasteiger partial charge on any atom is 0.349 e. The molecule has 1 N–H and O–H groups in total. The quantitative estimate of drug-likeness (QED) is 0.432. The predicted molar refractivity (Wildman–Crippen MR) is 120 cm³/mol. The largest absolute Gasteiger partial charge is 0.419 e. The van der Waals surface area contributed by atoms with E-state index in [1.807, 2.05) is 24.3 Å². The first-order chi connectivity index (χ1) is 16.0. The van der Waals surface area contributed by atoms with E-state index in [0.717, 1.165) is 35.1 Å². The molecule has 1 amide bonds. The summed E-state index contributed by atoms with van der Waals surface area (Å²) in [6.07, 6.45) is 3.93. The van der Waals surface area contributed by atoms with Crippen LogP contribution < -0.4 is 5.32 Å². The van der Waals surface area contributed by atoms with E-state index in [4.69, 9.17) is 9.47 Å². The monoisotopic (exact) mass is 443 g/mol. The summed E-state index contributed by atoms with van der Waals surface area (Å²) in [5, 5.41) is 2.90. The van der Waals surface area contributed by atoms with Gasteiger partial charge in [-0.25, -0.2) is 9.59 Å². The van der Waals surface area contributed by atoms with Crippen LogP contribution in [0.15, 0.2) is 54.1 Å². The summed E-state index contributed by atoms with van der Waals surface area (Å²) in [5.74, 6) is -1.95. The van der Waals surface area contributed by atoms with Gasteiger partial charge in [0, 0.05) is 37.6 Å². The van der Waals surface area contributed by atoms with Crippen molar-refractivity contribution in [2.24, 2.45) is 0 Å². The van der Waals surface area contributed by atoms with Crippen molar-refractivity contribution >= 4 is 23.4 Å². The highest BCUT2D eigenvalue weighted by Gasteiger charge is 2.49. The fourth-order valence-corrected chi connectivity index (χ4v) is 5.81. The highest BCUT2D eigenvalue weighted by molar-refractivity contribution is 6.21. The molecule has 2 aliphatic carbocycles. The number of hydrogen-bond donors (Lipinski definition) is 1. The molecule has 1 saturated carbocycles. The zero-order valence-electron chi connectivity index (χ0n) is 18.3. The molecule has 2 aliphatic heterocycles. The van der Waals surface area contributed by atoms with Crippen LogP contribution in [-0.2, 0) is 23.9 Å². The van der Waals surface area contributed by atoms with E-state index in [1.54, 1.807) is 0 Å². The molecule has 0 bridgehead atoms. The molecule has 2 aromatic carbocycles. The van der Waals surface area contributed by atoms with Gasteiger partial charge >= 0.3 is 11.9 Å². The molecule has 2 heterocycles. The topological polar surface area (TPSA) is 81.7 Å². The van der Waals surface area contributed by atoms with Crippen molar-refractivity contribution in [1.29, 1.82) is 0 Å². The normalized spacial score (nSPS) is 25.8. The number of amides is 1. The number of benzene rings is 2. The summed E-state index contributed by atoms with van der Waals surface area (Å²) < 4.78 is 11.4. The Morgan fingerprint density at radius 1 is 0.848 bits per heavy atom. The molecule has 33 heavy (non-hydrogen) atoms. The fourth-order valence-electron chi connectivity index (χ4n) is 5.81. The standard InChI is InChI=1S/C27H25NO5/c29-23-13-18(15-28-23)16-6-5-7-17(12-16)21-14-22(20-9-2-1-8-19(20)21)24-25(30)32-27(33-26(24)31)10-3-4-11-27/h1-2,5-9,12,18,21H,3-4,10-11,13-15H2,(H,28,29). The van der Waals surface area contributed by atoms with Gasteiger partial charge in [-0.05, 0) is 47.1 Å². The van der Waals surface area contributed by atoms with Gasteiger partial charge in [0.15, 0.2) is 0 Å². The Morgan fingerprint density at radius 2 is 1.58 bits per heavy atom. The summed E-state index contributed by atoms with van der Waals surface area (Å²) in [6, 6.07) is 16.2. The van der Waals surface area contributed by atoms with Crippen molar-refractivity contribution in [3.05, 3.63) is 76.4 Å². The number of fused-ring (bicyclic) bond motifs is 1. The van der Waals surface area contributed by atoms with Gasteiger partial charge in [0.2, 0.25) is 5.91 Å². The smallest absolute Gasteiger partial charge is 0.349 e. The molecular formula is C27H25NO5. The Hall–Kier alpha value is -3.41. The van der Waals surface area contributed by atoms with Crippen LogP contribution in [0.2, 0.25) is 0 Å². The van der Waals surface area contributed by atoms with E-state index in [1.165, 1.54) is 0 Å². The van der Waals surface area contributed by atoms with E-state index in [2.05, 4.69) is 29.6 Å². The zero-order chi connectivity index (χ0) is 22.6. The molecule has 2 unspecified atom stereocenters. The van der Waals surface area contributed by atoms with Crippen LogP contribution in [0.5, 0.6) is 0 Å². The van der Waals surface area contributed by atoms with E-state index in [-0.39, 0.29) is 23.3 Å². The van der Waals surface area contributed by atoms with Gasteiger partial charge in [-0.2, -0.15) is 0 Å². The molecule has 0 radical (unpaired) electrons. The lowest BCUT2D eigenvalue weighted by atomic mass is 9.88. The minimum absolute atomic E-state index is 0.0108. The SMILES string of the molecule is O=C1CC(c2cccc(C3CC(=C4C(=O)OC5(CCCC5)OC4=O)c4ccccc43)c2)CN1. The molecule has 3 fully saturated rings. The Morgan fingerprint density at radius 3 is 2.30 bits per heavy atom. The number of esters is 2. The predicted octanol–water partition coefficient (Wildman–Crippen LogP) is 3.95. The highest BCUT2D eigenvalue weighted by atomic mass is 16.7. The fraction of sp³-hybridized carbons (Fsp3) is 0.370. The third-order valence-electron chi connectivity index (χ3n) is 7.46. The zero-order valence-corrected chi connectivity index (χ0v) is 18.3. The molecule has 168 valence electrons. The van der Waals surface area contributed by atoms with Gasteiger partial charge in [-0.15, -0.1) is 0 Å². The van der Waals surface area contributed by atoms with Crippen molar-refractivity contribution in [2.75, 3.05) is 6.54 Å². The molecular weight excluding hydrogens is 418 g/mol. The number of allylic oxidation sites excluding steroid dienone is 1. The summed E-state index contributed by atoms with van der Waals surface area (Å²) in [5.41, 5.74) is 4.95. The van der Waals surface area contributed by atoms with Crippen LogP contribution >= 0.6 is 0 Å². The van der Waals surface area contributed by atoms with Crippen molar-refractivity contribution in [2.45, 2.75) is 56.1 Å². The van der Waals surface area contributed by atoms with E-state index in [9.17, 15) is 14.4 Å². The second-order valence-corrected chi connectivity index (χ2v) is 9.47. The van der Waals surface area contributed by atoms with Crippen LogP contribution in [0, 0.1) is 0 Å². The molecule has 2 aromatic rings. The van der Waals surface area contributed by atoms with Crippen molar-refractivity contribution in [1.82, 2.24) is 5.32 Å². The summed E-state index contributed by atoms with van der Waals surface area (Å²) >= 11 is 0. The lowest BCUT2D eigenvalue weighted by Crippen LogP contribution is -2.44. The van der Waals surface area contributed by atoms with Gasteiger partial charge < -0.3 is 14.8 Å². The average molecular weight is 443 g/mol. The molecule has 0 aromatic heterocycles.